The van der Waals surface area contributed by atoms with Crippen LogP contribution >= 0.6 is 0 Å². The molecule has 1 heterocycles. The fourth-order valence-electron chi connectivity index (χ4n) is 1.60. The first kappa shape index (κ1) is 14.6. The van der Waals surface area contributed by atoms with Gasteiger partial charge in [0.1, 0.15) is 11.9 Å². The van der Waals surface area contributed by atoms with Crippen molar-refractivity contribution >= 4 is 17.2 Å². The second-order valence-corrected chi connectivity index (χ2v) is 4.09. The molecule has 0 aliphatic heterocycles. The van der Waals surface area contributed by atoms with Gasteiger partial charge in [-0.1, -0.05) is 0 Å². The van der Waals surface area contributed by atoms with E-state index in [-0.39, 0.29) is 22.8 Å². The summed E-state index contributed by atoms with van der Waals surface area (Å²) in [5.41, 5.74) is 4.52. The number of nitrogens with one attached hydrogen (secondary N) is 1. The van der Waals surface area contributed by atoms with Crippen LogP contribution in [0.15, 0.2) is 30.5 Å². The van der Waals surface area contributed by atoms with Gasteiger partial charge in [-0.25, -0.2) is 9.37 Å². The number of nitrogens with two attached hydrogens (primary N) is 1. The summed E-state index contributed by atoms with van der Waals surface area (Å²) in [6.45, 7) is 0. The number of hydrogen-bond acceptors (Lipinski definition) is 4. The minimum atomic E-state index is -4.80. The van der Waals surface area contributed by atoms with Crippen molar-refractivity contribution < 1.29 is 17.6 Å². The average Bonchev–Trinajstić information content (AvgIpc) is 2.41. The molecule has 3 N–H and O–H groups in total. The van der Waals surface area contributed by atoms with E-state index in [2.05, 4.69) is 10.3 Å². The summed E-state index contributed by atoms with van der Waals surface area (Å²) in [6.07, 6.45) is -3.59. The molecule has 0 spiro atoms. The monoisotopic (exact) mass is 296 g/mol. The van der Waals surface area contributed by atoms with Crippen molar-refractivity contribution in [2.75, 3.05) is 11.1 Å². The standard InChI is InChI=1S/C13H8F4N4/c14-10-2-1-8(4-9(10)13(15,16)17)21-12-11(19)3-7(5-18)6-20-12/h1-4,6H,19H2,(H,20,21). The van der Waals surface area contributed by atoms with Gasteiger partial charge in [0.15, 0.2) is 5.82 Å². The summed E-state index contributed by atoms with van der Waals surface area (Å²) < 4.78 is 51.0. The quantitative estimate of drug-likeness (QED) is 0.832. The van der Waals surface area contributed by atoms with Crippen LogP contribution in [-0.2, 0) is 6.18 Å². The highest BCUT2D eigenvalue weighted by molar-refractivity contribution is 5.70. The Kier molecular flexibility index (Phi) is 3.67. The molecule has 0 unspecified atom stereocenters. The predicted molar refractivity (Wildman–Crippen MR) is 68.0 cm³/mol. The summed E-state index contributed by atoms with van der Waals surface area (Å²) >= 11 is 0. The maximum atomic E-state index is 13.2. The van der Waals surface area contributed by atoms with E-state index in [1.54, 1.807) is 0 Å². The van der Waals surface area contributed by atoms with Gasteiger partial charge in [-0.15, -0.1) is 0 Å². The molecule has 0 bridgehead atoms. The van der Waals surface area contributed by atoms with E-state index in [0.717, 1.165) is 6.07 Å². The smallest absolute Gasteiger partial charge is 0.396 e. The molecule has 0 aliphatic carbocycles. The van der Waals surface area contributed by atoms with Crippen LogP contribution in [0.5, 0.6) is 0 Å². The Labute approximate surface area is 116 Å². The number of halogens is 4. The molecule has 0 fully saturated rings. The number of pyridine rings is 1. The lowest BCUT2D eigenvalue weighted by atomic mass is 10.1. The highest BCUT2D eigenvalue weighted by Gasteiger charge is 2.34. The van der Waals surface area contributed by atoms with E-state index in [4.69, 9.17) is 11.0 Å². The second-order valence-electron chi connectivity index (χ2n) is 4.09. The first-order valence-corrected chi connectivity index (χ1v) is 5.60. The number of rotatable bonds is 2. The SMILES string of the molecule is N#Cc1cnc(Nc2ccc(F)c(C(F)(F)F)c2)c(N)c1. The fourth-order valence-corrected chi connectivity index (χ4v) is 1.60. The third-order valence-electron chi connectivity index (χ3n) is 2.58. The highest BCUT2D eigenvalue weighted by Crippen LogP contribution is 2.33. The molecule has 0 atom stereocenters. The van der Waals surface area contributed by atoms with Gasteiger partial charge in [-0.05, 0) is 24.3 Å². The van der Waals surface area contributed by atoms with E-state index in [0.29, 0.717) is 12.1 Å². The van der Waals surface area contributed by atoms with Crippen molar-refractivity contribution in [3.63, 3.8) is 0 Å². The van der Waals surface area contributed by atoms with Crippen LogP contribution in [0, 0.1) is 17.1 Å². The largest absolute Gasteiger partial charge is 0.419 e. The summed E-state index contributed by atoms with van der Waals surface area (Å²) in [5.74, 6) is -1.29. The van der Waals surface area contributed by atoms with Gasteiger partial charge in [0.05, 0.1) is 16.8 Å². The Hall–Kier alpha value is -2.82. The van der Waals surface area contributed by atoms with Gasteiger partial charge >= 0.3 is 6.18 Å². The summed E-state index contributed by atoms with van der Waals surface area (Å²) in [6, 6.07) is 5.60. The van der Waals surface area contributed by atoms with Gasteiger partial charge in [0.25, 0.3) is 0 Å². The lowest BCUT2D eigenvalue weighted by Gasteiger charge is -2.12. The number of benzene rings is 1. The molecule has 108 valence electrons. The molecule has 1 aromatic heterocycles. The second kappa shape index (κ2) is 5.28. The molecule has 1 aromatic carbocycles. The van der Waals surface area contributed by atoms with Crippen LogP contribution in [0.2, 0.25) is 0 Å². The van der Waals surface area contributed by atoms with Crippen molar-refractivity contribution in [3.8, 4) is 6.07 Å². The molecule has 0 saturated carbocycles. The van der Waals surface area contributed by atoms with Gasteiger partial charge in [0, 0.05) is 11.9 Å². The minimum Gasteiger partial charge on any atom is -0.396 e. The maximum absolute atomic E-state index is 13.2. The number of alkyl halides is 3. The Morgan fingerprint density at radius 1 is 1.24 bits per heavy atom. The zero-order valence-electron chi connectivity index (χ0n) is 10.4. The Balaban J connectivity index is 2.35. The molecular formula is C13H8F4N4. The normalized spacial score (nSPS) is 11.0. The highest BCUT2D eigenvalue weighted by atomic mass is 19.4. The third kappa shape index (κ3) is 3.20. The molecule has 0 radical (unpaired) electrons. The summed E-state index contributed by atoms with van der Waals surface area (Å²) in [7, 11) is 0. The van der Waals surface area contributed by atoms with E-state index in [1.165, 1.54) is 12.3 Å². The number of nitrogen functional groups attached to an aromatic ring is 1. The van der Waals surface area contributed by atoms with Crippen molar-refractivity contribution in [1.82, 2.24) is 4.98 Å². The number of anilines is 3. The molecule has 4 nitrogen and oxygen atoms in total. The summed E-state index contributed by atoms with van der Waals surface area (Å²) in [4.78, 5) is 3.83. The van der Waals surface area contributed by atoms with E-state index >= 15 is 0 Å². The molecule has 2 aromatic rings. The van der Waals surface area contributed by atoms with Crippen LogP contribution in [0.3, 0.4) is 0 Å². The van der Waals surface area contributed by atoms with Crippen molar-refractivity contribution in [1.29, 1.82) is 5.26 Å². The zero-order valence-corrected chi connectivity index (χ0v) is 10.4. The lowest BCUT2D eigenvalue weighted by molar-refractivity contribution is -0.139. The first-order chi connectivity index (χ1) is 9.81. The zero-order chi connectivity index (χ0) is 15.6. The van der Waals surface area contributed by atoms with Gasteiger partial charge in [-0.3, -0.25) is 0 Å². The third-order valence-corrected chi connectivity index (χ3v) is 2.58. The molecule has 21 heavy (non-hydrogen) atoms. The van der Waals surface area contributed by atoms with Crippen molar-refractivity contribution in [2.45, 2.75) is 6.18 Å². The van der Waals surface area contributed by atoms with Gasteiger partial charge in [0.2, 0.25) is 0 Å². The summed E-state index contributed by atoms with van der Waals surface area (Å²) in [5, 5.41) is 11.2. The molecular weight excluding hydrogens is 288 g/mol. The molecule has 0 saturated heterocycles. The Morgan fingerprint density at radius 2 is 1.95 bits per heavy atom. The molecule has 2 rings (SSSR count). The Bertz CT molecular complexity index is 719. The van der Waals surface area contributed by atoms with Crippen LogP contribution in [0.25, 0.3) is 0 Å². The maximum Gasteiger partial charge on any atom is 0.419 e. The van der Waals surface area contributed by atoms with E-state index in [1.807, 2.05) is 6.07 Å². The van der Waals surface area contributed by atoms with Crippen LogP contribution in [-0.4, -0.2) is 4.98 Å². The van der Waals surface area contributed by atoms with Crippen LogP contribution in [0.1, 0.15) is 11.1 Å². The fraction of sp³-hybridized carbons (Fsp3) is 0.0769. The molecule has 8 heteroatoms. The van der Waals surface area contributed by atoms with Crippen molar-refractivity contribution in [3.05, 3.63) is 47.4 Å². The van der Waals surface area contributed by atoms with E-state index in [9.17, 15) is 17.6 Å². The number of nitrogens with zero attached hydrogens (tertiary/aromatic N) is 2. The van der Waals surface area contributed by atoms with Crippen molar-refractivity contribution in [2.24, 2.45) is 0 Å². The number of nitriles is 1. The molecule has 0 aliphatic rings. The number of aromatic nitrogens is 1. The Morgan fingerprint density at radius 3 is 2.52 bits per heavy atom. The predicted octanol–water partition coefficient (Wildman–Crippen LogP) is 3.44. The lowest BCUT2D eigenvalue weighted by Crippen LogP contribution is -2.09. The molecule has 0 amide bonds. The van der Waals surface area contributed by atoms with Crippen LogP contribution in [0.4, 0.5) is 34.8 Å². The van der Waals surface area contributed by atoms with Gasteiger partial charge < -0.3 is 11.1 Å². The topological polar surface area (TPSA) is 74.7 Å². The first-order valence-electron chi connectivity index (χ1n) is 5.60. The van der Waals surface area contributed by atoms with Crippen LogP contribution < -0.4 is 11.1 Å². The average molecular weight is 296 g/mol. The van der Waals surface area contributed by atoms with Gasteiger partial charge in [-0.2, -0.15) is 18.4 Å². The minimum absolute atomic E-state index is 0.0207. The van der Waals surface area contributed by atoms with E-state index < -0.39 is 17.6 Å². The number of hydrogen-bond donors (Lipinski definition) is 2.